The van der Waals surface area contributed by atoms with Crippen LogP contribution in [-0.4, -0.2) is 23.0 Å². The Kier molecular flexibility index (Phi) is 5.88. The van der Waals surface area contributed by atoms with Gasteiger partial charge in [-0.15, -0.1) is 0 Å². The van der Waals surface area contributed by atoms with E-state index >= 15 is 0 Å². The van der Waals surface area contributed by atoms with Crippen molar-refractivity contribution in [1.29, 1.82) is 0 Å². The third-order valence-corrected chi connectivity index (χ3v) is 2.97. The molecule has 0 aliphatic rings. The van der Waals surface area contributed by atoms with Crippen molar-refractivity contribution in [1.82, 2.24) is 5.32 Å². The van der Waals surface area contributed by atoms with Gasteiger partial charge >= 0.3 is 5.97 Å². The highest BCUT2D eigenvalue weighted by Gasteiger charge is 2.16. The second-order valence-electron chi connectivity index (χ2n) is 4.41. The predicted octanol–water partition coefficient (Wildman–Crippen LogP) is 2.99. The third kappa shape index (κ3) is 4.77. The van der Waals surface area contributed by atoms with E-state index in [1.807, 2.05) is 0 Å². The molecule has 0 aliphatic carbocycles. The number of nitrogens with one attached hydrogen (secondary N) is 1. The molecule has 1 rings (SSSR count). The molecule has 7 heteroatoms. The van der Waals surface area contributed by atoms with Crippen LogP contribution in [0.3, 0.4) is 0 Å². The number of amides is 1. The molecule has 20 heavy (non-hydrogen) atoms. The molecule has 110 valence electrons. The highest BCUT2D eigenvalue weighted by atomic mass is 35.5. The largest absolute Gasteiger partial charge is 0.481 e. The molecule has 0 saturated heterocycles. The monoisotopic (exact) mass is 305 g/mol. The lowest BCUT2D eigenvalue weighted by atomic mass is 10.1. The van der Waals surface area contributed by atoms with Gasteiger partial charge in [-0.25, -0.2) is 8.78 Å². The van der Waals surface area contributed by atoms with Crippen LogP contribution in [-0.2, 0) is 4.79 Å². The minimum Gasteiger partial charge on any atom is -0.481 e. The van der Waals surface area contributed by atoms with Crippen molar-refractivity contribution in [2.45, 2.75) is 32.2 Å². The Labute approximate surface area is 119 Å². The first-order valence-corrected chi connectivity index (χ1v) is 6.36. The second-order valence-corrected chi connectivity index (χ2v) is 4.81. The molecule has 4 nitrogen and oxygen atoms in total. The van der Waals surface area contributed by atoms with Gasteiger partial charge in [-0.05, 0) is 31.9 Å². The number of carbonyl (C=O) groups is 2. The molecule has 0 spiro atoms. The number of hydrogen-bond acceptors (Lipinski definition) is 2. The molecule has 0 aromatic heterocycles. The number of rotatable bonds is 6. The predicted molar refractivity (Wildman–Crippen MR) is 69.8 cm³/mol. The summed E-state index contributed by atoms with van der Waals surface area (Å²) in [5.74, 6) is -3.82. The number of halogens is 3. The summed E-state index contributed by atoms with van der Waals surface area (Å²) in [5, 5.41) is 10.9. The van der Waals surface area contributed by atoms with Gasteiger partial charge in [0.05, 0.1) is 10.6 Å². The van der Waals surface area contributed by atoms with Gasteiger partial charge in [0.1, 0.15) is 0 Å². The van der Waals surface area contributed by atoms with Crippen LogP contribution in [0.5, 0.6) is 0 Å². The van der Waals surface area contributed by atoms with Crippen LogP contribution in [0, 0.1) is 11.6 Å². The van der Waals surface area contributed by atoms with Gasteiger partial charge < -0.3 is 10.4 Å². The fourth-order valence-corrected chi connectivity index (χ4v) is 1.87. The van der Waals surface area contributed by atoms with Crippen molar-refractivity contribution in [2.75, 3.05) is 0 Å². The first-order valence-electron chi connectivity index (χ1n) is 5.98. The number of carbonyl (C=O) groups excluding carboxylic acids is 1. The third-order valence-electron chi connectivity index (χ3n) is 2.66. The molecule has 0 aliphatic heterocycles. The number of aliphatic carboxylic acids is 1. The molecule has 1 atom stereocenters. The Bertz CT molecular complexity index is 523. The first-order chi connectivity index (χ1) is 9.31. The van der Waals surface area contributed by atoms with Crippen molar-refractivity contribution >= 4 is 23.5 Å². The van der Waals surface area contributed by atoms with Crippen molar-refractivity contribution in [3.05, 3.63) is 34.4 Å². The van der Waals surface area contributed by atoms with E-state index < -0.39 is 23.5 Å². The summed E-state index contributed by atoms with van der Waals surface area (Å²) < 4.78 is 26.0. The quantitative estimate of drug-likeness (QED) is 0.794. The zero-order valence-corrected chi connectivity index (χ0v) is 11.5. The summed E-state index contributed by atoms with van der Waals surface area (Å²) in [6.07, 6.45) is 0.869. The number of carboxylic acids is 1. The summed E-state index contributed by atoms with van der Waals surface area (Å²) >= 11 is 5.68. The molecule has 1 aromatic rings. The summed E-state index contributed by atoms with van der Waals surface area (Å²) in [6, 6.07) is 1.17. The Morgan fingerprint density at radius 1 is 1.35 bits per heavy atom. The minimum absolute atomic E-state index is 0.00609. The normalized spacial score (nSPS) is 12.0. The molecule has 1 aromatic carbocycles. The molecule has 0 fully saturated rings. The van der Waals surface area contributed by atoms with Gasteiger partial charge in [0, 0.05) is 12.5 Å². The Balaban J connectivity index is 2.62. The van der Waals surface area contributed by atoms with E-state index in [1.54, 1.807) is 6.92 Å². The first kappa shape index (κ1) is 16.4. The van der Waals surface area contributed by atoms with Crippen LogP contribution in [0.4, 0.5) is 8.78 Å². The van der Waals surface area contributed by atoms with Gasteiger partial charge in [-0.3, -0.25) is 9.59 Å². The fourth-order valence-electron chi connectivity index (χ4n) is 1.63. The van der Waals surface area contributed by atoms with E-state index in [4.69, 9.17) is 16.7 Å². The van der Waals surface area contributed by atoms with Gasteiger partial charge in [-0.1, -0.05) is 11.6 Å². The minimum atomic E-state index is -1.15. The molecule has 0 heterocycles. The second kappa shape index (κ2) is 7.19. The molecule has 1 amide bonds. The molecule has 1 unspecified atom stereocenters. The number of hydrogen-bond donors (Lipinski definition) is 2. The summed E-state index contributed by atoms with van der Waals surface area (Å²) in [6.45, 7) is 1.69. The van der Waals surface area contributed by atoms with E-state index in [0.29, 0.717) is 12.8 Å². The average molecular weight is 306 g/mol. The van der Waals surface area contributed by atoms with E-state index in [2.05, 4.69) is 5.32 Å². The number of carboxylic acid groups (broad SMARTS) is 1. The van der Waals surface area contributed by atoms with E-state index in [-0.39, 0.29) is 23.0 Å². The van der Waals surface area contributed by atoms with Crippen molar-refractivity contribution in [2.24, 2.45) is 0 Å². The SMILES string of the molecule is CC(CCCC(=O)O)NC(=O)c1cc(F)c(F)cc1Cl. The average Bonchev–Trinajstić information content (AvgIpc) is 2.33. The van der Waals surface area contributed by atoms with Crippen LogP contribution in [0.1, 0.15) is 36.5 Å². The fraction of sp³-hybridized carbons (Fsp3) is 0.385. The molecular formula is C13H14ClF2NO3. The zero-order valence-electron chi connectivity index (χ0n) is 10.8. The Hall–Kier alpha value is -1.69. The van der Waals surface area contributed by atoms with Crippen molar-refractivity contribution in [3.8, 4) is 0 Å². The topological polar surface area (TPSA) is 66.4 Å². The standard InChI is InChI=1S/C13H14ClF2NO3/c1-7(3-2-4-12(18)19)17-13(20)8-5-10(15)11(16)6-9(8)14/h5-7H,2-4H2,1H3,(H,17,20)(H,18,19). The van der Waals surface area contributed by atoms with Gasteiger partial charge in [0.25, 0.3) is 5.91 Å². The van der Waals surface area contributed by atoms with E-state index in [9.17, 15) is 18.4 Å². The molecular weight excluding hydrogens is 292 g/mol. The van der Waals surface area contributed by atoms with Crippen LogP contribution < -0.4 is 5.32 Å². The van der Waals surface area contributed by atoms with Gasteiger partial charge in [0.2, 0.25) is 0 Å². The van der Waals surface area contributed by atoms with Gasteiger partial charge in [-0.2, -0.15) is 0 Å². The molecule has 0 saturated carbocycles. The molecule has 0 bridgehead atoms. The van der Waals surface area contributed by atoms with Crippen molar-refractivity contribution in [3.63, 3.8) is 0 Å². The maximum absolute atomic E-state index is 13.1. The maximum atomic E-state index is 13.1. The summed E-state index contributed by atoms with van der Waals surface area (Å²) in [4.78, 5) is 22.2. The molecule has 0 radical (unpaired) electrons. The van der Waals surface area contributed by atoms with Crippen LogP contribution in [0.2, 0.25) is 5.02 Å². The van der Waals surface area contributed by atoms with Crippen molar-refractivity contribution < 1.29 is 23.5 Å². The van der Waals surface area contributed by atoms with Crippen LogP contribution in [0.25, 0.3) is 0 Å². The van der Waals surface area contributed by atoms with Gasteiger partial charge in [0.15, 0.2) is 11.6 Å². The lowest BCUT2D eigenvalue weighted by molar-refractivity contribution is -0.137. The Morgan fingerprint density at radius 2 is 1.95 bits per heavy atom. The Morgan fingerprint density at radius 3 is 2.55 bits per heavy atom. The zero-order chi connectivity index (χ0) is 15.3. The lowest BCUT2D eigenvalue weighted by Crippen LogP contribution is -2.32. The van der Waals surface area contributed by atoms with E-state index in [0.717, 1.165) is 12.1 Å². The van der Waals surface area contributed by atoms with Crippen LogP contribution >= 0.6 is 11.6 Å². The van der Waals surface area contributed by atoms with Crippen LogP contribution in [0.15, 0.2) is 12.1 Å². The van der Waals surface area contributed by atoms with E-state index in [1.165, 1.54) is 0 Å². The summed E-state index contributed by atoms with van der Waals surface area (Å²) in [7, 11) is 0. The smallest absolute Gasteiger partial charge is 0.303 e. The lowest BCUT2D eigenvalue weighted by Gasteiger charge is -2.14. The highest BCUT2D eigenvalue weighted by molar-refractivity contribution is 6.33. The summed E-state index contributed by atoms with van der Waals surface area (Å²) in [5.41, 5.74) is -0.157. The highest BCUT2D eigenvalue weighted by Crippen LogP contribution is 2.20. The maximum Gasteiger partial charge on any atom is 0.303 e. The number of benzene rings is 1. The molecule has 2 N–H and O–H groups in total.